The number of hydrogen-bond donors (Lipinski definition) is 16. The number of aliphatic hydroxyl groups is 16. The zero-order valence-corrected chi connectivity index (χ0v) is 52.4. The lowest BCUT2D eigenvalue weighted by Gasteiger charge is -2.71. The summed E-state index contributed by atoms with van der Waals surface area (Å²) >= 11 is 0. The van der Waals surface area contributed by atoms with Gasteiger partial charge < -0.3 is 134 Å². The quantitative estimate of drug-likeness (QED) is 0.0345. The molecule has 0 aromatic carbocycles. The average molecular weight is 1280 g/mol. The van der Waals surface area contributed by atoms with Crippen molar-refractivity contribution in [1.29, 1.82) is 0 Å². The molecule has 34 atom stereocenters. The molecule has 9 rings (SSSR count). The van der Waals surface area contributed by atoms with Gasteiger partial charge in [0.25, 0.3) is 0 Å². The van der Waals surface area contributed by atoms with Crippen molar-refractivity contribution in [2.24, 2.45) is 45.3 Å². The maximum atomic E-state index is 13.0. The van der Waals surface area contributed by atoms with E-state index in [0.29, 0.717) is 44.9 Å². The average Bonchev–Trinajstić information content (AvgIpc) is 1.67. The summed E-state index contributed by atoms with van der Waals surface area (Å²) in [6, 6.07) is 0. The Kier molecular flexibility index (Phi) is 22.3. The maximum Gasteiger partial charge on any atom is 0.302 e. The van der Waals surface area contributed by atoms with E-state index in [0.717, 1.165) is 18.4 Å². The highest BCUT2D eigenvalue weighted by molar-refractivity contribution is 5.65. The molecule has 34 unspecified atom stereocenters. The largest absolute Gasteiger partial charge is 0.463 e. The Balaban J connectivity index is 0.909. The smallest absolute Gasteiger partial charge is 0.302 e. The summed E-state index contributed by atoms with van der Waals surface area (Å²) in [5, 5.41) is 175. The number of aliphatic hydroxyl groups excluding tert-OH is 16. The third-order valence-electron chi connectivity index (χ3n) is 22.9. The predicted molar refractivity (Wildman–Crippen MR) is 302 cm³/mol. The van der Waals surface area contributed by atoms with E-state index in [4.69, 9.17) is 52.1 Å². The van der Waals surface area contributed by atoms with Gasteiger partial charge in [-0.3, -0.25) is 4.79 Å². The Bertz CT molecular complexity index is 2390. The van der Waals surface area contributed by atoms with E-state index in [2.05, 4.69) is 40.7 Å². The Morgan fingerprint density at radius 1 is 0.539 bits per heavy atom. The molecule has 0 bridgehead atoms. The van der Waals surface area contributed by atoms with Gasteiger partial charge in [-0.15, -0.1) is 0 Å². The summed E-state index contributed by atoms with van der Waals surface area (Å²) in [5.74, 6) is -1.35. The fourth-order valence-corrected chi connectivity index (χ4v) is 17.5. The molecule has 28 nitrogen and oxygen atoms in total. The number of carbonyl (C=O) groups is 1. The third kappa shape index (κ3) is 13.4. The van der Waals surface area contributed by atoms with Crippen LogP contribution in [0.25, 0.3) is 0 Å². The van der Waals surface area contributed by atoms with Gasteiger partial charge in [-0.2, -0.15) is 0 Å². The van der Waals surface area contributed by atoms with E-state index in [1.54, 1.807) is 0 Å². The summed E-state index contributed by atoms with van der Waals surface area (Å²) < 4.78 is 65.9. The van der Waals surface area contributed by atoms with Gasteiger partial charge in [0, 0.05) is 6.92 Å². The molecule has 9 fully saturated rings. The molecular weight excluding hydrogens is 1180 g/mol. The number of carbonyl (C=O) groups excluding carboxylic acids is 1. The van der Waals surface area contributed by atoms with Crippen LogP contribution in [0.15, 0.2) is 11.6 Å². The van der Waals surface area contributed by atoms with Gasteiger partial charge in [-0.1, -0.05) is 46.3 Å². The molecule has 16 N–H and O–H groups in total. The van der Waals surface area contributed by atoms with Gasteiger partial charge in [0.15, 0.2) is 31.5 Å². The normalized spacial score (nSPS) is 51.5. The van der Waals surface area contributed by atoms with Gasteiger partial charge in [0.1, 0.15) is 123 Å². The number of fused-ring (bicyclic) bond motifs is 5. The molecule has 28 heteroatoms. The van der Waals surface area contributed by atoms with E-state index in [1.165, 1.54) is 6.92 Å². The molecule has 5 saturated heterocycles. The lowest BCUT2D eigenvalue weighted by Crippen LogP contribution is -2.68. The summed E-state index contributed by atoms with van der Waals surface area (Å²) in [7, 11) is 0. The van der Waals surface area contributed by atoms with Crippen molar-refractivity contribution in [1.82, 2.24) is 0 Å². The van der Waals surface area contributed by atoms with Crippen LogP contribution in [0.3, 0.4) is 0 Å². The van der Waals surface area contributed by atoms with Crippen molar-refractivity contribution in [3.05, 3.63) is 11.6 Å². The van der Waals surface area contributed by atoms with Gasteiger partial charge in [-0.25, -0.2) is 0 Å². The van der Waals surface area contributed by atoms with Crippen molar-refractivity contribution in [2.45, 2.75) is 285 Å². The molecule has 0 amide bonds. The molecule has 4 aliphatic carbocycles. The summed E-state index contributed by atoms with van der Waals surface area (Å²) in [4.78, 5) is 11.9. The first-order chi connectivity index (χ1) is 41.6. The molecular formula is C61H102O28. The lowest BCUT2D eigenvalue weighted by atomic mass is 9.35. The van der Waals surface area contributed by atoms with E-state index in [9.17, 15) is 86.5 Å². The van der Waals surface area contributed by atoms with Gasteiger partial charge >= 0.3 is 5.97 Å². The Morgan fingerprint density at radius 2 is 1.07 bits per heavy atom. The van der Waals surface area contributed by atoms with E-state index >= 15 is 0 Å². The summed E-state index contributed by atoms with van der Waals surface area (Å²) in [6.45, 7) is 15.5. The van der Waals surface area contributed by atoms with Crippen LogP contribution < -0.4 is 0 Å². The van der Waals surface area contributed by atoms with Gasteiger partial charge in [0.05, 0.1) is 44.2 Å². The van der Waals surface area contributed by atoms with Crippen LogP contribution in [0.1, 0.15) is 120 Å². The van der Waals surface area contributed by atoms with Crippen molar-refractivity contribution in [3.8, 4) is 0 Å². The monoisotopic (exact) mass is 1280 g/mol. The second-order valence-corrected chi connectivity index (χ2v) is 28.8. The topological polar surface area (TPSA) is 442 Å². The van der Waals surface area contributed by atoms with Crippen LogP contribution in [0, 0.1) is 45.3 Å². The molecule has 0 aromatic rings. The summed E-state index contributed by atoms with van der Waals surface area (Å²) in [5.41, 5.74) is -1.90. The molecule has 5 aliphatic heterocycles. The molecule has 514 valence electrons. The molecule has 89 heavy (non-hydrogen) atoms. The van der Waals surface area contributed by atoms with Crippen molar-refractivity contribution in [2.75, 3.05) is 33.0 Å². The predicted octanol–water partition coefficient (Wildman–Crippen LogP) is -3.17. The first-order valence-corrected chi connectivity index (χ1v) is 31.7. The minimum Gasteiger partial charge on any atom is -0.463 e. The fraction of sp³-hybridized carbons (Fsp3) is 0.951. The second-order valence-electron chi connectivity index (χ2n) is 28.8. The molecule has 0 radical (unpaired) electrons. The first kappa shape index (κ1) is 71.5. The van der Waals surface area contributed by atoms with Crippen molar-refractivity contribution >= 4 is 5.97 Å². The van der Waals surface area contributed by atoms with Gasteiger partial charge in [0.2, 0.25) is 0 Å². The molecule has 0 spiro atoms. The minimum atomic E-state index is -1.86. The highest BCUT2D eigenvalue weighted by Gasteiger charge is 2.72. The van der Waals surface area contributed by atoms with E-state index in [1.807, 2.05) is 20.8 Å². The highest BCUT2D eigenvalue weighted by Crippen LogP contribution is 2.76. The standard InChI is InChI=1S/C61H102O28/c1-25(2)11-10-15-61(9,89-55-50(78)45(73)41(69)33(85-55)24-82-53-48(76)44(72)40(68)32(84-53)23-81-52-47(75)38(66)29(65)21-80-52)27-12-17-60(8)37(27)28(64)19-35-58(6)16-14-36(57(4,5)34(58)13-18-59(35,60)7)87-56-51(46(74)42(70)31(86-56)22-79-26(3)63)88-54-49(77)43(71)39(67)30(20-62)83-54/h11,27-56,62,64-78H,10,12-24H2,1-9H3. The number of hydrogen-bond acceptors (Lipinski definition) is 28. The zero-order chi connectivity index (χ0) is 65.4. The first-order valence-electron chi connectivity index (χ1n) is 31.7. The van der Waals surface area contributed by atoms with E-state index in [-0.39, 0.29) is 41.1 Å². The third-order valence-corrected chi connectivity index (χ3v) is 22.9. The lowest BCUT2D eigenvalue weighted by molar-refractivity contribution is -0.378. The van der Waals surface area contributed by atoms with Crippen LogP contribution in [-0.2, 0) is 56.9 Å². The SMILES string of the molecule is CC(=O)OCC1OC(OC2CCC3(C)C(CCC4(C)C3CC(O)C3C(C(C)(CCC=C(C)C)OC5OC(COC6OC(COC7OCC(O)C(O)C7O)C(O)C(O)C6O)C(O)C(O)C5O)CCC34C)C2(C)C)C(OC2OC(CO)C(O)C(O)C2O)C(O)C1O. The van der Waals surface area contributed by atoms with Crippen molar-refractivity contribution in [3.63, 3.8) is 0 Å². The number of allylic oxidation sites excluding steroid dienone is 2. The number of ether oxygens (including phenoxy) is 11. The van der Waals surface area contributed by atoms with Crippen LogP contribution in [0.4, 0.5) is 0 Å². The Morgan fingerprint density at radius 3 is 1.69 bits per heavy atom. The number of rotatable bonds is 19. The highest BCUT2D eigenvalue weighted by atomic mass is 16.8. The number of esters is 1. The molecule has 5 heterocycles. The van der Waals surface area contributed by atoms with Crippen LogP contribution in [-0.4, -0.2) is 286 Å². The minimum absolute atomic E-state index is 0.0114. The fourth-order valence-electron chi connectivity index (χ4n) is 17.5. The molecule has 9 aliphatic rings. The van der Waals surface area contributed by atoms with E-state index < -0.39 is 208 Å². The Hall–Kier alpha value is -1.83. The Labute approximate surface area is 518 Å². The zero-order valence-electron chi connectivity index (χ0n) is 52.4. The summed E-state index contributed by atoms with van der Waals surface area (Å²) in [6.07, 6.45) is -33.2. The van der Waals surface area contributed by atoms with Gasteiger partial charge in [-0.05, 0) is 124 Å². The van der Waals surface area contributed by atoms with Crippen LogP contribution in [0.2, 0.25) is 0 Å². The van der Waals surface area contributed by atoms with Crippen LogP contribution >= 0.6 is 0 Å². The molecule has 4 saturated carbocycles. The van der Waals surface area contributed by atoms with Crippen molar-refractivity contribution < 1.29 is 139 Å². The molecule has 0 aromatic heterocycles. The maximum absolute atomic E-state index is 13.0. The van der Waals surface area contributed by atoms with Crippen LogP contribution in [0.5, 0.6) is 0 Å². The second kappa shape index (κ2) is 27.7.